The molecule has 0 aromatic carbocycles. The van der Waals surface area contributed by atoms with Crippen LogP contribution in [0.3, 0.4) is 0 Å². The van der Waals surface area contributed by atoms with Gasteiger partial charge in [0.05, 0.1) is 84.2 Å². The Morgan fingerprint density at radius 1 is 0.433 bits per heavy atom. The number of carbonyl (C=O) groups excluding carboxylic acids is 7. The van der Waals surface area contributed by atoms with Crippen molar-refractivity contribution in [3.63, 3.8) is 0 Å². The molecule has 0 bridgehead atoms. The summed E-state index contributed by atoms with van der Waals surface area (Å²) in [5, 5.41) is 11.5. The maximum atomic E-state index is 12.8. The molecule has 0 rings (SSSR count). The van der Waals surface area contributed by atoms with Gasteiger partial charge in [0.2, 0.25) is 23.6 Å². The van der Waals surface area contributed by atoms with Crippen molar-refractivity contribution in [2.24, 2.45) is 0 Å². The van der Waals surface area contributed by atoms with Crippen LogP contribution in [-0.2, 0) is 66.7 Å². The number of hydrogen-bond acceptors (Lipinski definition) is 17. The zero-order valence-corrected chi connectivity index (χ0v) is 42.9. The van der Waals surface area contributed by atoms with E-state index >= 15 is 0 Å². The summed E-state index contributed by atoms with van der Waals surface area (Å²) in [5.74, 6) is 1.62. The molecule has 0 aromatic rings. The monoisotopic (exact) mass is 1000 g/mol. The van der Waals surface area contributed by atoms with Gasteiger partial charge in [0.1, 0.15) is 19.8 Å². The molecular weight excluding hydrogens is 915 g/mol. The molecule has 0 heterocycles. The number of thioether (sulfide) groups is 2. The number of unbranched alkanes of at least 4 members (excludes halogenated alkanes) is 4. The molecule has 0 spiro atoms. The second-order valence-corrected chi connectivity index (χ2v) is 16.6. The van der Waals surface area contributed by atoms with E-state index in [2.05, 4.69) is 21.3 Å². The number of ether oxygens (including phenoxy) is 8. The van der Waals surface area contributed by atoms with Gasteiger partial charge in [-0.3, -0.25) is 28.8 Å². The molecule has 22 heteroatoms. The summed E-state index contributed by atoms with van der Waals surface area (Å²) in [7, 11) is 0. The Balaban J connectivity index is 0. The lowest BCUT2D eigenvalue weighted by Gasteiger charge is -2.22. The molecule has 0 aromatic heterocycles. The van der Waals surface area contributed by atoms with Gasteiger partial charge in [0, 0.05) is 70.2 Å². The van der Waals surface area contributed by atoms with Gasteiger partial charge in [0.25, 0.3) is 0 Å². The van der Waals surface area contributed by atoms with Crippen LogP contribution in [0.4, 0.5) is 4.79 Å². The highest BCUT2D eigenvalue weighted by Crippen LogP contribution is 2.04. The Morgan fingerprint density at radius 3 is 1.21 bits per heavy atom. The van der Waals surface area contributed by atoms with Gasteiger partial charge in [-0.25, -0.2) is 4.79 Å². The minimum absolute atomic E-state index is 0.0235. The van der Waals surface area contributed by atoms with Crippen molar-refractivity contribution in [3.8, 4) is 0 Å². The molecule has 5 amide bonds. The highest BCUT2D eigenvalue weighted by atomic mass is 32.2. The molecule has 0 unspecified atom stereocenters. The average Bonchev–Trinajstić information content (AvgIpc) is 3.30. The van der Waals surface area contributed by atoms with Crippen LogP contribution in [0, 0.1) is 0 Å². The summed E-state index contributed by atoms with van der Waals surface area (Å²) in [6.07, 6.45) is 4.43. The maximum absolute atomic E-state index is 12.8. The summed E-state index contributed by atoms with van der Waals surface area (Å²) in [6.45, 7) is 16.0. The molecule has 0 aliphatic rings. The van der Waals surface area contributed by atoms with E-state index in [-0.39, 0.29) is 87.8 Å². The second-order valence-electron chi connectivity index (χ2n) is 14.4. The first kappa shape index (κ1) is 66.0. The molecule has 0 saturated heterocycles. The van der Waals surface area contributed by atoms with Crippen molar-refractivity contribution in [2.75, 3.05) is 161 Å². The second kappa shape index (κ2) is 52.3. The van der Waals surface area contributed by atoms with Crippen LogP contribution in [0.25, 0.3) is 0 Å². The summed E-state index contributed by atoms with van der Waals surface area (Å²) >= 11 is 2.97. The molecular formula is C45H85N5O15S2. The Hall–Kier alpha value is -3.09. The van der Waals surface area contributed by atoms with E-state index < -0.39 is 6.09 Å². The summed E-state index contributed by atoms with van der Waals surface area (Å²) in [5.41, 5.74) is 0. The number of ketones is 2. The number of nitrogens with one attached hydrogen (secondary N) is 4. The van der Waals surface area contributed by atoms with E-state index in [0.29, 0.717) is 134 Å². The highest BCUT2D eigenvalue weighted by Gasteiger charge is 2.16. The molecule has 0 aliphatic carbocycles. The van der Waals surface area contributed by atoms with E-state index in [4.69, 9.17) is 37.9 Å². The number of nitrogens with zero attached hydrogens (tertiary/aromatic N) is 1. The van der Waals surface area contributed by atoms with E-state index in [9.17, 15) is 33.6 Å². The first-order valence-corrected chi connectivity index (χ1v) is 26.0. The van der Waals surface area contributed by atoms with Gasteiger partial charge in [-0.05, 0) is 46.5 Å². The number of carbonyl (C=O) groups is 7. The van der Waals surface area contributed by atoms with Crippen molar-refractivity contribution in [1.29, 1.82) is 0 Å². The number of rotatable bonds is 48. The largest absolute Gasteiger partial charge is 0.447 e. The molecule has 67 heavy (non-hydrogen) atoms. The minimum Gasteiger partial charge on any atom is -0.447 e. The molecule has 0 fully saturated rings. The van der Waals surface area contributed by atoms with E-state index in [0.717, 1.165) is 25.7 Å². The zero-order valence-electron chi connectivity index (χ0n) is 41.2. The van der Waals surface area contributed by atoms with E-state index in [1.54, 1.807) is 0 Å². The lowest BCUT2D eigenvalue weighted by atomic mass is 10.2. The fraction of sp³-hybridized carbons (Fsp3) is 0.844. The number of hydrogen-bond donors (Lipinski definition) is 4. The van der Waals surface area contributed by atoms with Crippen LogP contribution < -0.4 is 21.3 Å². The molecule has 392 valence electrons. The van der Waals surface area contributed by atoms with E-state index in [1.807, 2.05) is 20.8 Å². The lowest BCUT2D eigenvalue weighted by Crippen LogP contribution is -2.43. The fourth-order valence-electron chi connectivity index (χ4n) is 5.16. The normalized spacial score (nSPS) is 10.7. The average molecular weight is 1000 g/mol. The molecule has 4 N–H and O–H groups in total. The standard InChI is InChI=1S/C43H79N5O15S2.C2H6/c1-4-56-27-28-63-43(55)48(17-15-46-39(51)11-7-5-9-13-44-41(53)35-64-31-29-59-21-19-57-23-25-61-33-37(2)49)18-16-47-40(52)12-8-6-10-14-45-42(54)36-65-32-30-60-22-20-58-24-26-62-34-38(3)50;1-2/h4-36H2,1-3H3,(H,44,53)(H,45,54)(H,46,51)(H,47,52);1-2H3. The summed E-state index contributed by atoms with van der Waals surface area (Å²) < 4.78 is 42.5. The van der Waals surface area contributed by atoms with Crippen molar-refractivity contribution < 1.29 is 71.5 Å². The van der Waals surface area contributed by atoms with Crippen molar-refractivity contribution in [3.05, 3.63) is 0 Å². The Kier molecular flexibility index (Phi) is 51.5. The first-order chi connectivity index (χ1) is 32.5. The number of amides is 5. The van der Waals surface area contributed by atoms with Gasteiger partial charge in [-0.15, -0.1) is 23.5 Å². The van der Waals surface area contributed by atoms with Gasteiger partial charge in [0.15, 0.2) is 11.6 Å². The fourth-order valence-corrected chi connectivity index (χ4v) is 6.50. The van der Waals surface area contributed by atoms with Crippen LogP contribution in [0.15, 0.2) is 0 Å². The smallest absolute Gasteiger partial charge is 0.409 e. The van der Waals surface area contributed by atoms with Gasteiger partial charge >= 0.3 is 6.09 Å². The van der Waals surface area contributed by atoms with Crippen LogP contribution in [0.5, 0.6) is 0 Å². The van der Waals surface area contributed by atoms with Crippen LogP contribution in [0.1, 0.15) is 86.0 Å². The Bertz CT molecular complexity index is 1180. The highest BCUT2D eigenvalue weighted by molar-refractivity contribution is 8.00. The maximum Gasteiger partial charge on any atom is 0.409 e. The Labute approximate surface area is 408 Å². The molecule has 20 nitrogen and oxygen atoms in total. The molecule has 0 saturated carbocycles. The van der Waals surface area contributed by atoms with E-state index in [1.165, 1.54) is 42.3 Å². The third-order valence-corrected chi connectivity index (χ3v) is 10.3. The lowest BCUT2D eigenvalue weighted by molar-refractivity contribution is -0.122. The topological polar surface area (TPSA) is 245 Å². The predicted octanol–water partition coefficient (Wildman–Crippen LogP) is 2.82. The Morgan fingerprint density at radius 2 is 0.806 bits per heavy atom. The van der Waals surface area contributed by atoms with Crippen LogP contribution >= 0.6 is 23.5 Å². The minimum atomic E-state index is -0.560. The van der Waals surface area contributed by atoms with Gasteiger partial charge in [-0.1, -0.05) is 26.7 Å². The van der Waals surface area contributed by atoms with Crippen molar-refractivity contribution in [1.82, 2.24) is 26.2 Å². The third-order valence-electron chi connectivity index (χ3n) is 8.44. The van der Waals surface area contributed by atoms with Gasteiger partial charge in [-0.2, -0.15) is 0 Å². The molecule has 0 atom stereocenters. The zero-order chi connectivity index (χ0) is 49.9. The first-order valence-electron chi connectivity index (χ1n) is 23.7. The third kappa shape index (κ3) is 52.1. The van der Waals surface area contributed by atoms with Crippen LogP contribution in [-0.4, -0.2) is 208 Å². The van der Waals surface area contributed by atoms with Crippen molar-refractivity contribution >= 4 is 64.8 Å². The van der Waals surface area contributed by atoms with Crippen molar-refractivity contribution in [2.45, 2.75) is 86.0 Å². The SMILES string of the molecule is CC.CCOCCOC(=O)N(CCNC(=O)CCCCCNC(=O)CSCCOCCOCCOCC(C)=O)CCNC(=O)CCCCCNC(=O)CSCCOCCOCCOCC(C)=O. The summed E-state index contributed by atoms with van der Waals surface area (Å²) in [6, 6.07) is 0. The quantitative estimate of drug-likeness (QED) is 0.0641. The summed E-state index contributed by atoms with van der Waals surface area (Å²) in [4.78, 5) is 84.9. The number of Topliss-reactive ketones (excluding diaryl/α,β-unsaturated/α-hetero) is 2. The predicted molar refractivity (Wildman–Crippen MR) is 261 cm³/mol. The van der Waals surface area contributed by atoms with Gasteiger partial charge < -0.3 is 64.1 Å². The van der Waals surface area contributed by atoms with Crippen LogP contribution in [0.2, 0.25) is 0 Å². The molecule has 0 radical (unpaired) electrons. The molecule has 0 aliphatic heterocycles.